The van der Waals surface area contributed by atoms with E-state index in [1.54, 1.807) is 12.1 Å². The zero-order valence-electron chi connectivity index (χ0n) is 12.7. The third kappa shape index (κ3) is 3.84. The van der Waals surface area contributed by atoms with E-state index in [9.17, 15) is 14.7 Å². The van der Waals surface area contributed by atoms with Gasteiger partial charge in [0.25, 0.3) is 0 Å². The van der Waals surface area contributed by atoms with Gasteiger partial charge in [0.1, 0.15) is 0 Å². The molecule has 1 heterocycles. The minimum Gasteiger partial charge on any atom is -0.478 e. The van der Waals surface area contributed by atoms with Gasteiger partial charge >= 0.3 is 5.97 Å². The van der Waals surface area contributed by atoms with Crippen molar-refractivity contribution in [3.05, 3.63) is 35.4 Å². The molecule has 21 heavy (non-hydrogen) atoms. The fraction of sp³-hybridized carbons (Fsp3) is 0.529. The quantitative estimate of drug-likeness (QED) is 0.927. The second kappa shape index (κ2) is 6.74. The van der Waals surface area contributed by atoms with Gasteiger partial charge < -0.3 is 10.0 Å². The predicted octanol–water partition coefficient (Wildman–Crippen LogP) is 2.82. The molecule has 0 saturated carbocycles. The molecule has 4 heteroatoms. The van der Waals surface area contributed by atoms with Crippen LogP contribution < -0.4 is 0 Å². The van der Waals surface area contributed by atoms with Gasteiger partial charge in [-0.25, -0.2) is 4.79 Å². The van der Waals surface area contributed by atoms with Crippen molar-refractivity contribution in [2.24, 2.45) is 11.8 Å². The van der Waals surface area contributed by atoms with E-state index < -0.39 is 5.97 Å². The lowest BCUT2D eigenvalue weighted by Crippen LogP contribution is -2.41. The van der Waals surface area contributed by atoms with E-state index in [1.165, 1.54) is 0 Å². The number of benzene rings is 1. The van der Waals surface area contributed by atoms with Crippen molar-refractivity contribution in [1.29, 1.82) is 0 Å². The van der Waals surface area contributed by atoms with Crippen molar-refractivity contribution in [3.63, 3.8) is 0 Å². The number of carbonyl (C=O) groups is 2. The minimum absolute atomic E-state index is 0.0503. The third-order valence-corrected chi connectivity index (χ3v) is 4.18. The van der Waals surface area contributed by atoms with Crippen LogP contribution in [0.2, 0.25) is 0 Å². The molecular weight excluding hydrogens is 266 g/mol. The molecule has 1 saturated heterocycles. The van der Waals surface area contributed by atoms with Crippen molar-refractivity contribution in [1.82, 2.24) is 4.90 Å². The Labute approximate surface area is 125 Å². The Bertz CT molecular complexity index is 517. The summed E-state index contributed by atoms with van der Waals surface area (Å²) in [6.07, 6.45) is 2.69. The summed E-state index contributed by atoms with van der Waals surface area (Å²) in [5, 5.41) is 9.22. The van der Waals surface area contributed by atoms with Crippen LogP contribution >= 0.6 is 0 Å². The number of hydrogen-bond acceptors (Lipinski definition) is 2. The van der Waals surface area contributed by atoms with E-state index in [2.05, 4.69) is 0 Å². The average Bonchev–Trinajstić information content (AvgIpc) is 2.47. The van der Waals surface area contributed by atoms with E-state index >= 15 is 0 Å². The average molecular weight is 289 g/mol. The molecule has 2 rings (SSSR count). The highest BCUT2D eigenvalue weighted by atomic mass is 16.4. The Morgan fingerprint density at radius 1 is 1.24 bits per heavy atom. The summed E-state index contributed by atoms with van der Waals surface area (Å²) < 4.78 is 0. The van der Waals surface area contributed by atoms with Gasteiger partial charge in [0.2, 0.25) is 5.91 Å². The molecule has 4 nitrogen and oxygen atoms in total. The lowest BCUT2D eigenvalue weighted by atomic mass is 9.88. The molecule has 0 aromatic heterocycles. The van der Waals surface area contributed by atoms with Gasteiger partial charge in [-0.15, -0.1) is 0 Å². The number of nitrogens with zero attached hydrogens (tertiary/aromatic N) is 1. The third-order valence-electron chi connectivity index (χ3n) is 4.18. The Morgan fingerprint density at radius 3 is 2.43 bits per heavy atom. The van der Waals surface area contributed by atoms with Gasteiger partial charge in [-0.1, -0.05) is 32.0 Å². The van der Waals surface area contributed by atoms with Gasteiger partial charge in [-0.3, -0.25) is 4.79 Å². The molecule has 1 aromatic carbocycles. The van der Waals surface area contributed by atoms with Gasteiger partial charge in [-0.05, 0) is 36.8 Å². The molecule has 1 aliphatic rings. The summed E-state index contributed by atoms with van der Waals surface area (Å²) in [4.78, 5) is 25.1. The zero-order chi connectivity index (χ0) is 15.4. The number of carboxylic acids is 1. The summed E-state index contributed by atoms with van der Waals surface area (Å²) in [5.41, 5.74) is 1.30. The van der Waals surface area contributed by atoms with Crippen LogP contribution in [-0.4, -0.2) is 35.0 Å². The zero-order valence-corrected chi connectivity index (χ0v) is 12.7. The first kappa shape index (κ1) is 15.5. The van der Waals surface area contributed by atoms with Gasteiger partial charge in [0, 0.05) is 19.0 Å². The predicted molar refractivity (Wildman–Crippen MR) is 81.2 cm³/mol. The summed E-state index contributed by atoms with van der Waals surface area (Å²) in [6, 6.07) is 7.21. The minimum atomic E-state index is -0.863. The molecule has 0 aliphatic carbocycles. The molecule has 0 spiro atoms. The van der Waals surface area contributed by atoms with Crippen LogP contribution in [0.3, 0.4) is 0 Å². The number of carboxylic acid groups (broad SMARTS) is 1. The highest BCUT2D eigenvalue weighted by Crippen LogP contribution is 2.24. The van der Waals surface area contributed by atoms with Crippen LogP contribution in [0.15, 0.2) is 24.3 Å². The summed E-state index contributed by atoms with van der Waals surface area (Å²) >= 11 is 0. The van der Waals surface area contributed by atoms with Gasteiger partial charge in [0.05, 0.1) is 5.56 Å². The maximum absolute atomic E-state index is 12.0. The van der Waals surface area contributed by atoms with Crippen LogP contribution in [0, 0.1) is 11.8 Å². The van der Waals surface area contributed by atoms with Gasteiger partial charge in [-0.2, -0.15) is 0 Å². The lowest BCUT2D eigenvalue weighted by Gasteiger charge is -2.33. The molecule has 0 unspecified atom stereocenters. The summed E-state index contributed by atoms with van der Waals surface area (Å²) in [7, 11) is 0. The molecule has 0 atom stereocenters. The van der Waals surface area contributed by atoms with E-state index in [-0.39, 0.29) is 11.8 Å². The first-order valence-electron chi connectivity index (χ1n) is 7.59. The largest absolute Gasteiger partial charge is 0.478 e. The Balaban J connectivity index is 1.95. The smallest absolute Gasteiger partial charge is 0.335 e. The first-order valence-corrected chi connectivity index (χ1v) is 7.59. The Morgan fingerprint density at radius 2 is 1.86 bits per heavy atom. The number of amides is 1. The van der Waals surface area contributed by atoms with Crippen LogP contribution in [0.5, 0.6) is 0 Å². The van der Waals surface area contributed by atoms with E-state index in [4.69, 9.17) is 0 Å². The standard InChI is InChI=1S/C17H23NO3/c1-12(2)16(19)18-9-7-13(8-10-18)11-14-5-3-4-6-15(14)17(20)21/h3-6,12-13H,7-11H2,1-2H3,(H,20,21). The lowest BCUT2D eigenvalue weighted by molar-refractivity contribution is -0.135. The van der Waals surface area contributed by atoms with Crippen molar-refractivity contribution < 1.29 is 14.7 Å². The molecular formula is C17H23NO3. The second-order valence-electron chi connectivity index (χ2n) is 6.09. The first-order chi connectivity index (χ1) is 9.99. The summed E-state index contributed by atoms with van der Waals surface area (Å²) in [6.45, 7) is 5.43. The number of carbonyl (C=O) groups excluding carboxylic acids is 1. The molecule has 1 fully saturated rings. The molecule has 1 N–H and O–H groups in total. The number of rotatable bonds is 4. The van der Waals surface area contributed by atoms with E-state index in [0.29, 0.717) is 11.5 Å². The maximum atomic E-state index is 12.0. The Kier molecular flexibility index (Phi) is 4.99. The highest BCUT2D eigenvalue weighted by molar-refractivity contribution is 5.89. The van der Waals surface area contributed by atoms with E-state index in [0.717, 1.165) is 37.9 Å². The van der Waals surface area contributed by atoms with Gasteiger partial charge in [0.15, 0.2) is 0 Å². The van der Waals surface area contributed by atoms with E-state index in [1.807, 2.05) is 30.9 Å². The number of piperidine rings is 1. The molecule has 1 aromatic rings. The molecule has 0 radical (unpaired) electrons. The maximum Gasteiger partial charge on any atom is 0.335 e. The van der Waals surface area contributed by atoms with Crippen molar-refractivity contribution >= 4 is 11.9 Å². The van der Waals surface area contributed by atoms with Crippen molar-refractivity contribution in [2.75, 3.05) is 13.1 Å². The van der Waals surface area contributed by atoms with Crippen LogP contribution in [-0.2, 0) is 11.2 Å². The topological polar surface area (TPSA) is 57.6 Å². The van der Waals surface area contributed by atoms with Crippen LogP contribution in [0.25, 0.3) is 0 Å². The molecule has 1 amide bonds. The van der Waals surface area contributed by atoms with Crippen LogP contribution in [0.1, 0.15) is 42.6 Å². The van der Waals surface area contributed by atoms with Crippen molar-refractivity contribution in [2.45, 2.75) is 33.1 Å². The number of hydrogen-bond donors (Lipinski definition) is 1. The molecule has 0 bridgehead atoms. The monoisotopic (exact) mass is 289 g/mol. The highest BCUT2D eigenvalue weighted by Gasteiger charge is 2.25. The molecule has 1 aliphatic heterocycles. The second-order valence-corrected chi connectivity index (χ2v) is 6.09. The summed E-state index contributed by atoms with van der Waals surface area (Å²) in [5.74, 6) is -0.131. The number of likely N-dealkylation sites (tertiary alicyclic amines) is 1. The van der Waals surface area contributed by atoms with Crippen LogP contribution in [0.4, 0.5) is 0 Å². The SMILES string of the molecule is CC(C)C(=O)N1CCC(Cc2ccccc2C(=O)O)CC1. The Hall–Kier alpha value is -1.84. The fourth-order valence-electron chi connectivity index (χ4n) is 2.94. The van der Waals surface area contributed by atoms with Crippen molar-refractivity contribution in [3.8, 4) is 0 Å². The normalized spacial score (nSPS) is 16.2. The number of aromatic carboxylic acids is 1. The molecule has 114 valence electrons. The fourth-order valence-corrected chi connectivity index (χ4v) is 2.94.